The third kappa shape index (κ3) is 1.53. The quantitative estimate of drug-likeness (QED) is 0.703. The minimum Gasteiger partial charge on any atom is -0.478 e. The van der Waals surface area contributed by atoms with Gasteiger partial charge in [-0.15, -0.1) is 0 Å². The van der Waals surface area contributed by atoms with Crippen molar-refractivity contribution in [2.75, 3.05) is 0 Å². The van der Waals surface area contributed by atoms with Crippen LogP contribution in [0.1, 0.15) is 32.6 Å². The smallest absolute Gasteiger partial charge is 0.335 e. The van der Waals surface area contributed by atoms with E-state index in [-0.39, 0.29) is 0 Å². The second-order valence-electron chi connectivity index (χ2n) is 4.97. The van der Waals surface area contributed by atoms with Gasteiger partial charge >= 0.3 is 5.97 Å². The fourth-order valence-electron chi connectivity index (χ4n) is 2.73. The highest BCUT2D eigenvalue weighted by atomic mass is 16.4. The van der Waals surface area contributed by atoms with Crippen LogP contribution < -0.4 is 0 Å². The summed E-state index contributed by atoms with van der Waals surface area (Å²) >= 11 is 0. The molecule has 2 heteroatoms. The molecule has 0 unspecified atom stereocenters. The van der Waals surface area contributed by atoms with Crippen molar-refractivity contribution in [2.45, 2.75) is 20.3 Å². The molecule has 18 heavy (non-hydrogen) atoms. The maximum Gasteiger partial charge on any atom is 0.335 e. The Kier molecular flexibility index (Phi) is 2.27. The fourth-order valence-corrected chi connectivity index (χ4v) is 2.73. The zero-order valence-electron chi connectivity index (χ0n) is 10.4. The van der Waals surface area contributed by atoms with Gasteiger partial charge in [0.05, 0.1) is 5.56 Å². The van der Waals surface area contributed by atoms with Crippen molar-refractivity contribution in [3.8, 4) is 11.1 Å². The minimum atomic E-state index is -0.851. The maximum atomic E-state index is 11.2. The van der Waals surface area contributed by atoms with Crippen LogP contribution in [-0.4, -0.2) is 11.1 Å². The number of rotatable bonds is 1. The SMILES string of the molecule is Cc1ccc2c(c1)Cc1cc(C)c(C(=O)O)cc1-2. The molecular formula is C16H14O2. The first-order valence-electron chi connectivity index (χ1n) is 6.03. The van der Waals surface area contributed by atoms with E-state index in [9.17, 15) is 9.90 Å². The molecule has 0 radical (unpaired) electrons. The molecule has 0 amide bonds. The van der Waals surface area contributed by atoms with Crippen LogP contribution in [0.4, 0.5) is 0 Å². The van der Waals surface area contributed by atoms with E-state index >= 15 is 0 Å². The molecule has 0 saturated heterocycles. The molecule has 1 N–H and O–H groups in total. The molecule has 0 aliphatic heterocycles. The van der Waals surface area contributed by atoms with Crippen molar-refractivity contribution in [3.63, 3.8) is 0 Å². The molecule has 0 bridgehead atoms. The zero-order valence-corrected chi connectivity index (χ0v) is 10.4. The summed E-state index contributed by atoms with van der Waals surface area (Å²) in [6.07, 6.45) is 0.910. The van der Waals surface area contributed by atoms with Gasteiger partial charge in [0.25, 0.3) is 0 Å². The van der Waals surface area contributed by atoms with E-state index in [1.54, 1.807) is 0 Å². The molecule has 0 heterocycles. The second-order valence-corrected chi connectivity index (χ2v) is 4.97. The first kappa shape index (κ1) is 11.0. The Morgan fingerprint density at radius 3 is 2.50 bits per heavy atom. The van der Waals surface area contributed by atoms with Crippen LogP contribution in [0.3, 0.4) is 0 Å². The first-order chi connectivity index (χ1) is 8.56. The first-order valence-corrected chi connectivity index (χ1v) is 6.03. The largest absolute Gasteiger partial charge is 0.478 e. The van der Waals surface area contributed by atoms with E-state index in [0.29, 0.717) is 5.56 Å². The molecule has 1 aliphatic rings. The third-order valence-electron chi connectivity index (χ3n) is 3.61. The van der Waals surface area contributed by atoms with Crippen LogP contribution in [-0.2, 0) is 6.42 Å². The molecule has 0 saturated carbocycles. The van der Waals surface area contributed by atoms with Crippen LogP contribution >= 0.6 is 0 Å². The maximum absolute atomic E-state index is 11.2. The molecule has 0 spiro atoms. The number of hydrogen-bond acceptors (Lipinski definition) is 1. The summed E-state index contributed by atoms with van der Waals surface area (Å²) in [6.45, 7) is 3.94. The molecule has 90 valence electrons. The molecule has 0 fully saturated rings. The number of aryl methyl sites for hydroxylation is 2. The lowest BCUT2D eigenvalue weighted by atomic mass is 9.99. The van der Waals surface area contributed by atoms with Crippen LogP contribution in [0.25, 0.3) is 11.1 Å². The Labute approximate surface area is 106 Å². The summed E-state index contributed by atoms with van der Waals surface area (Å²) in [5.74, 6) is -0.851. The summed E-state index contributed by atoms with van der Waals surface area (Å²) in [6, 6.07) is 10.2. The van der Waals surface area contributed by atoms with Crippen LogP contribution in [0.5, 0.6) is 0 Å². The minimum absolute atomic E-state index is 0.405. The van der Waals surface area contributed by atoms with Gasteiger partial charge in [0.1, 0.15) is 0 Å². The Hall–Kier alpha value is -2.09. The second kappa shape index (κ2) is 3.70. The zero-order chi connectivity index (χ0) is 12.9. The molecule has 0 aromatic heterocycles. The standard InChI is InChI=1S/C16H14O2/c1-9-3-4-13-11(5-9)7-12-6-10(2)14(16(17)18)8-15(12)13/h3-6,8H,7H2,1-2H3,(H,17,18). The molecule has 3 rings (SSSR count). The summed E-state index contributed by atoms with van der Waals surface area (Å²) < 4.78 is 0. The van der Waals surface area contributed by atoms with Gasteiger partial charge in [-0.3, -0.25) is 0 Å². The van der Waals surface area contributed by atoms with E-state index in [4.69, 9.17) is 0 Å². The van der Waals surface area contributed by atoms with Crippen LogP contribution in [0.2, 0.25) is 0 Å². The fraction of sp³-hybridized carbons (Fsp3) is 0.188. The summed E-state index contributed by atoms with van der Waals surface area (Å²) in [5, 5.41) is 9.19. The van der Waals surface area contributed by atoms with Gasteiger partial charge in [-0.25, -0.2) is 4.79 Å². The lowest BCUT2D eigenvalue weighted by Crippen LogP contribution is -2.00. The molecule has 2 aromatic rings. The van der Waals surface area contributed by atoms with Gasteiger partial charge in [-0.1, -0.05) is 29.8 Å². The predicted octanol–water partition coefficient (Wildman–Crippen LogP) is 3.57. The molecule has 2 nitrogen and oxygen atoms in total. The van der Waals surface area contributed by atoms with Crippen molar-refractivity contribution >= 4 is 5.97 Å². The van der Waals surface area contributed by atoms with Crippen molar-refractivity contribution in [2.24, 2.45) is 0 Å². The van der Waals surface area contributed by atoms with Crippen molar-refractivity contribution in [1.29, 1.82) is 0 Å². The predicted molar refractivity (Wildman–Crippen MR) is 71.1 cm³/mol. The van der Waals surface area contributed by atoms with Gasteiger partial charge in [0, 0.05) is 0 Å². The Morgan fingerprint density at radius 2 is 1.78 bits per heavy atom. The normalized spacial score (nSPS) is 12.1. The highest BCUT2D eigenvalue weighted by Gasteiger charge is 2.21. The van der Waals surface area contributed by atoms with E-state index in [0.717, 1.165) is 17.5 Å². The lowest BCUT2D eigenvalue weighted by Gasteiger charge is -2.06. The monoisotopic (exact) mass is 238 g/mol. The number of carbonyl (C=O) groups is 1. The summed E-state index contributed by atoms with van der Waals surface area (Å²) in [5.41, 5.74) is 7.28. The lowest BCUT2D eigenvalue weighted by molar-refractivity contribution is 0.0696. The molecule has 0 atom stereocenters. The van der Waals surface area contributed by atoms with Gasteiger partial charge < -0.3 is 5.11 Å². The van der Waals surface area contributed by atoms with Gasteiger partial charge in [0.15, 0.2) is 0 Å². The van der Waals surface area contributed by atoms with E-state index in [2.05, 4.69) is 25.1 Å². The topological polar surface area (TPSA) is 37.3 Å². The highest BCUT2D eigenvalue weighted by Crippen LogP contribution is 2.38. The van der Waals surface area contributed by atoms with Gasteiger partial charge in [-0.05, 0) is 54.2 Å². The van der Waals surface area contributed by atoms with Crippen molar-refractivity contribution in [1.82, 2.24) is 0 Å². The number of hydrogen-bond donors (Lipinski definition) is 1. The Bertz CT molecular complexity index is 669. The van der Waals surface area contributed by atoms with E-state index < -0.39 is 5.97 Å². The number of carboxylic acid groups (broad SMARTS) is 1. The Balaban J connectivity index is 2.23. The van der Waals surface area contributed by atoms with Crippen LogP contribution in [0, 0.1) is 13.8 Å². The third-order valence-corrected chi connectivity index (χ3v) is 3.61. The van der Waals surface area contributed by atoms with E-state index in [1.165, 1.54) is 22.3 Å². The van der Waals surface area contributed by atoms with Crippen molar-refractivity contribution in [3.05, 3.63) is 58.1 Å². The number of carboxylic acids is 1. The molecule has 1 aliphatic carbocycles. The Morgan fingerprint density at radius 1 is 1.06 bits per heavy atom. The average Bonchev–Trinajstić information content (AvgIpc) is 2.63. The number of fused-ring (bicyclic) bond motifs is 3. The van der Waals surface area contributed by atoms with Crippen molar-refractivity contribution < 1.29 is 9.90 Å². The molecular weight excluding hydrogens is 224 g/mol. The highest BCUT2D eigenvalue weighted by molar-refractivity contribution is 5.93. The van der Waals surface area contributed by atoms with Gasteiger partial charge in [-0.2, -0.15) is 0 Å². The average molecular weight is 238 g/mol. The van der Waals surface area contributed by atoms with E-state index in [1.807, 2.05) is 19.1 Å². The number of benzene rings is 2. The van der Waals surface area contributed by atoms with Gasteiger partial charge in [0.2, 0.25) is 0 Å². The summed E-state index contributed by atoms with van der Waals surface area (Å²) in [7, 11) is 0. The number of aromatic carboxylic acids is 1. The molecule has 2 aromatic carbocycles. The summed E-state index contributed by atoms with van der Waals surface area (Å²) in [4.78, 5) is 11.2. The van der Waals surface area contributed by atoms with Crippen LogP contribution in [0.15, 0.2) is 30.3 Å².